The number of carbonyl (C=O) groups is 2. The summed E-state index contributed by atoms with van der Waals surface area (Å²) in [5.74, 6) is 2.01. The fraction of sp³-hybridized carbons (Fsp3) is 0.750. The first-order chi connectivity index (χ1) is 28.8. The fourth-order valence-electron chi connectivity index (χ4n) is 18.2. The quantitative estimate of drug-likeness (QED) is 0.226. The van der Waals surface area contributed by atoms with E-state index in [4.69, 9.17) is 9.15 Å². The number of rotatable bonds is 5. The van der Waals surface area contributed by atoms with Gasteiger partial charge in [-0.1, -0.05) is 84.3 Å². The van der Waals surface area contributed by atoms with Crippen LogP contribution < -0.4 is 0 Å². The topological polar surface area (TPSA) is 100 Å². The second-order valence-corrected chi connectivity index (χ2v) is 25.1. The third-order valence-corrected chi connectivity index (χ3v) is 21.8. The molecular weight excluding hydrogens is 769 g/mol. The maximum Gasteiger partial charge on any atom is 0.206 e. The summed E-state index contributed by atoms with van der Waals surface area (Å²) in [5, 5.41) is 22.2. The lowest BCUT2D eigenvalue weighted by atomic mass is 9.39. The largest absolute Gasteiger partial charge is 0.504 e. The van der Waals surface area contributed by atoms with Gasteiger partial charge < -0.3 is 19.4 Å². The van der Waals surface area contributed by atoms with E-state index in [-0.39, 0.29) is 52.2 Å². The smallest absolute Gasteiger partial charge is 0.206 e. The summed E-state index contributed by atoms with van der Waals surface area (Å²) in [6.07, 6.45) is 24.9. The molecule has 8 aliphatic carbocycles. The molecule has 6 heteroatoms. The van der Waals surface area contributed by atoms with Gasteiger partial charge in [-0.2, -0.15) is 0 Å². The number of carbonyl (C=O) groups excluding carboxylic acids is 2. The third-order valence-electron chi connectivity index (χ3n) is 21.8. The van der Waals surface area contributed by atoms with Crippen molar-refractivity contribution in [3.8, 4) is 0 Å². The van der Waals surface area contributed by atoms with E-state index in [2.05, 4.69) is 75.3 Å². The highest BCUT2D eigenvalue weighted by molar-refractivity contribution is 6.06. The molecular formula is C56H80O6. The van der Waals surface area contributed by atoms with Gasteiger partial charge in [-0.25, -0.2) is 0 Å². The van der Waals surface area contributed by atoms with Crippen LogP contribution >= 0.6 is 0 Å². The van der Waals surface area contributed by atoms with Gasteiger partial charge in [0.05, 0.1) is 35.6 Å². The van der Waals surface area contributed by atoms with Crippen molar-refractivity contribution in [2.24, 2.45) is 67.0 Å². The molecule has 4 saturated carbocycles. The summed E-state index contributed by atoms with van der Waals surface area (Å²) < 4.78 is 11.9. The van der Waals surface area contributed by atoms with Crippen LogP contribution in [0.1, 0.15) is 185 Å². The van der Waals surface area contributed by atoms with Crippen LogP contribution in [-0.4, -0.2) is 39.6 Å². The molecule has 1 aromatic rings. The van der Waals surface area contributed by atoms with Gasteiger partial charge in [0.15, 0.2) is 11.5 Å². The first-order valence-electron chi connectivity index (χ1n) is 24.8. The standard InChI is InChI=1S/C30H50O.C26H30O5/c1-20(2)10-9-11-21(3)22-14-18-30(8)24-12-13-25-27(4,5)26(31)16-17-28(25,6)23(24)15-19-29(22,30)7;1-22(2)17(27)7-9-23(3)16-6-10-24(4)15(14-8-11-30-13-14)12-18-26(24,31-18)25(16,5)21(29)19(28)20(22)23/h10,21-22,25-26,31H,9,11-19H2,1-8H3;7-9,11,13,15-16,18,28H,6,10,12H2,1-5H3. The van der Waals surface area contributed by atoms with E-state index in [9.17, 15) is 19.8 Å². The van der Waals surface area contributed by atoms with Crippen LogP contribution in [0.3, 0.4) is 0 Å². The van der Waals surface area contributed by atoms with Crippen molar-refractivity contribution < 1.29 is 29.0 Å². The molecule has 0 amide bonds. The molecule has 14 unspecified atom stereocenters. The molecule has 0 radical (unpaired) electrons. The van der Waals surface area contributed by atoms with Crippen LogP contribution in [0.4, 0.5) is 0 Å². The van der Waals surface area contributed by atoms with Gasteiger partial charge >= 0.3 is 0 Å². The number of ketones is 2. The second kappa shape index (κ2) is 13.9. The molecule has 10 rings (SSSR count). The number of aliphatic hydroxyl groups is 2. The van der Waals surface area contributed by atoms with Gasteiger partial charge in [-0.15, -0.1) is 0 Å². The molecule has 5 fully saturated rings. The second-order valence-electron chi connectivity index (χ2n) is 25.1. The predicted molar refractivity (Wildman–Crippen MR) is 246 cm³/mol. The van der Waals surface area contributed by atoms with Gasteiger partial charge in [0.2, 0.25) is 5.78 Å². The number of Topliss-reactive ketones (excluding diaryl/α,β-unsaturated/α-hetero) is 1. The van der Waals surface area contributed by atoms with Crippen molar-refractivity contribution in [2.75, 3.05) is 0 Å². The SMILES string of the molecule is CC(C)=CCCC(C)C1CCC2(C)C3=C(CCC12C)C1(C)CCC(O)C(C)(C)C1CC3.CC1(C)C(=O)C=CC2(C)C1=C(O)C(=O)C1(C)C2CCC2(C)C(c3ccoc3)CC3OC321. The fourth-order valence-corrected chi connectivity index (χ4v) is 18.2. The molecule has 6 nitrogen and oxygen atoms in total. The van der Waals surface area contributed by atoms with E-state index in [1.807, 2.05) is 50.3 Å². The van der Waals surface area contributed by atoms with E-state index < -0.39 is 21.8 Å². The minimum absolute atomic E-state index is 0.00527. The molecule has 14 atom stereocenters. The van der Waals surface area contributed by atoms with E-state index in [0.717, 1.165) is 37.5 Å². The number of hydrogen-bond donors (Lipinski definition) is 2. The minimum atomic E-state index is -0.901. The lowest BCUT2D eigenvalue weighted by Gasteiger charge is -2.62. The Bertz CT molecular complexity index is 2160. The zero-order valence-electron chi connectivity index (χ0n) is 40.7. The first-order valence-corrected chi connectivity index (χ1v) is 24.8. The Morgan fingerprint density at radius 1 is 0.871 bits per heavy atom. The van der Waals surface area contributed by atoms with Crippen LogP contribution in [0.15, 0.2) is 69.3 Å². The Balaban J connectivity index is 0.000000158. The monoisotopic (exact) mass is 849 g/mol. The van der Waals surface area contributed by atoms with Crippen LogP contribution in [0.25, 0.3) is 0 Å². The maximum atomic E-state index is 14.0. The molecule has 1 saturated heterocycles. The highest BCUT2D eigenvalue weighted by Crippen LogP contribution is 2.81. The summed E-state index contributed by atoms with van der Waals surface area (Å²) >= 11 is 0. The number of fused-ring (bicyclic) bond motifs is 7. The molecule has 9 aliphatic rings. The van der Waals surface area contributed by atoms with Gasteiger partial charge in [0, 0.05) is 10.8 Å². The molecule has 1 spiro atoms. The van der Waals surface area contributed by atoms with Crippen LogP contribution in [0, 0.1) is 67.0 Å². The zero-order valence-corrected chi connectivity index (χ0v) is 40.7. The maximum absolute atomic E-state index is 14.0. The van der Waals surface area contributed by atoms with E-state index in [1.165, 1.54) is 68.9 Å². The Hall–Kier alpha value is -2.70. The van der Waals surface area contributed by atoms with Crippen LogP contribution in [0.5, 0.6) is 0 Å². The van der Waals surface area contributed by atoms with Gasteiger partial charge in [0.25, 0.3) is 0 Å². The van der Waals surface area contributed by atoms with Crippen molar-refractivity contribution in [3.63, 3.8) is 0 Å². The Labute approximate surface area is 373 Å². The number of ether oxygens (including phenoxy) is 1. The Morgan fingerprint density at radius 2 is 1.60 bits per heavy atom. The Morgan fingerprint density at radius 3 is 2.27 bits per heavy atom. The summed E-state index contributed by atoms with van der Waals surface area (Å²) in [7, 11) is 0. The summed E-state index contributed by atoms with van der Waals surface area (Å²) in [4.78, 5) is 26.7. The average molecular weight is 849 g/mol. The molecule has 1 aromatic heterocycles. The summed E-state index contributed by atoms with van der Waals surface area (Å²) in [5.41, 5.74) is 5.01. The van der Waals surface area contributed by atoms with Crippen molar-refractivity contribution in [3.05, 3.63) is 70.4 Å². The number of aliphatic hydroxyl groups excluding tert-OH is 2. The zero-order chi connectivity index (χ0) is 45.0. The average Bonchev–Trinajstić information content (AvgIpc) is 3.42. The molecule has 340 valence electrons. The molecule has 0 bridgehead atoms. The lowest BCUT2D eigenvalue weighted by Crippen LogP contribution is -2.66. The normalized spacial score (nSPS) is 47.1. The molecule has 2 N–H and O–H groups in total. The molecule has 62 heavy (non-hydrogen) atoms. The number of epoxide rings is 1. The highest BCUT2D eigenvalue weighted by Gasteiger charge is 2.87. The lowest BCUT2D eigenvalue weighted by molar-refractivity contribution is -0.162. The first kappa shape index (κ1) is 44.5. The van der Waals surface area contributed by atoms with Crippen molar-refractivity contribution in [1.29, 1.82) is 0 Å². The van der Waals surface area contributed by atoms with E-state index in [0.29, 0.717) is 27.7 Å². The minimum Gasteiger partial charge on any atom is -0.504 e. The molecule has 1 aliphatic heterocycles. The van der Waals surface area contributed by atoms with Crippen molar-refractivity contribution in [2.45, 2.75) is 197 Å². The van der Waals surface area contributed by atoms with E-state index >= 15 is 0 Å². The van der Waals surface area contributed by atoms with Crippen LogP contribution in [-0.2, 0) is 14.3 Å². The Kier molecular flexibility index (Phi) is 9.99. The third kappa shape index (κ3) is 5.41. The summed E-state index contributed by atoms with van der Waals surface area (Å²) in [6, 6.07) is 2.03. The molecule has 0 aromatic carbocycles. The van der Waals surface area contributed by atoms with Gasteiger partial charge in [-0.3, -0.25) is 9.59 Å². The van der Waals surface area contributed by atoms with Gasteiger partial charge in [0.1, 0.15) is 5.60 Å². The number of furan rings is 1. The predicted octanol–water partition coefficient (Wildman–Crippen LogP) is 13.4. The van der Waals surface area contributed by atoms with E-state index in [1.54, 1.807) is 12.3 Å². The number of hydrogen-bond acceptors (Lipinski definition) is 6. The highest BCUT2D eigenvalue weighted by atomic mass is 16.6. The van der Waals surface area contributed by atoms with Gasteiger partial charge in [-0.05, 0) is 193 Å². The molecule has 2 heterocycles. The van der Waals surface area contributed by atoms with Crippen molar-refractivity contribution in [1.82, 2.24) is 0 Å². The summed E-state index contributed by atoms with van der Waals surface area (Å²) in [6.45, 7) is 29.7. The van der Waals surface area contributed by atoms with Crippen molar-refractivity contribution >= 4 is 11.6 Å². The number of allylic oxidation sites excluding steroid dienone is 8. The van der Waals surface area contributed by atoms with Crippen LogP contribution in [0.2, 0.25) is 0 Å².